The van der Waals surface area contributed by atoms with Crippen LogP contribution in [0.25, 0.3) is 0 Å². The number of rotatable bonds is 4. The topological polar surface area (TPSA) is 52.1 Å². The van der Waals surface area contributed by atoms with E-state index >= 15 is 0 Å². The summed E-state index contributed by atoms with van der Waals surface area (Å²) < 4.78 is 6.21. The van der Waals surface area contributed by atoms with Crippen molar-refractivity contribution in [1.82, 2.24) is 20.4 Å². The molecule has 0 bridgehead atoms. The molecule has 0 aromatic heterocycles. The zero-order valence-corrected chi connectivity index (χ0v) is 19.9. The molecular weight excluding hydrogens is 386 g/mol. The first-order valence-corrected chi connectivity index (χ1v) is 12.1. The molecule has 3 aliphatic rings. The monoisotopic (exact) mass is 427 g/mol. The molecule has 2 N–H and O–H groups in total. The summed E-state index contributed by atoms with van der Waals surface area (Å²) in [4.78, 5) is 9.85. The molecule has 1 aromatic rings. The molecule has 3 aliphatic heterocycles. The van der Waals surface area contributed by atoms with Crippen LogP contribution in [0.3, 0.4) is 0 Å². The van der Waals surface area contributed by atoms with Gasteiger partial charge in [0.15, 0.2) is 5.96 Å². The van der Waals surface area contributed by atoms with Crippen molar-refractivity contribution in [2.75, 3.05) is 46.8 Å². The van der Waals surface area contributed by atoms with Crippen molar-refractivity contribution in [1.29, 1.82) is 0 Å². The number of ether oxygens (including phenoxy) is 1. The molecule has 0 aliphatic carbocycles. The molecule has 0 amide bonds. The Labute approximate surface area is 188 Å². The van der Waals surface area contributed by atoms with Crippen molar-refractivity contribution in [2.24, 2.45) is 4.99 Å². The maximum absolute atomic E-state index is 6.21. The first-order chi connectivity index (χ1) is 14.9. The summed E-state index contributed by atoms with van der Waals surface area (Å²) >= 11 is 0. The van der Waals surface area contributed by atoms with E-state index in [-0.39, 0.29) is 17.2 Å². The molecule has 1 atom stereocenters. The van der Waals surface area contributed by atoms with Gasteiger partial charge in [-0.25, -0.2) is 0 Å². The Hall–Kier alpha value is -1.79. The number of hydrogen-bond acceptors (Lipinski definition) is 4. The Bertz CT molecular complexity index is 763. The highest BCUT2D eigenvalue weighted by molar-refractivity contribution is 5.80. The molecule has 0 spiro atoms. The zero-order chi connectivity index (χ0) is 21.9. The smallest absolute Gasteiger partial charge is 0.191 e. The van der Waals surface area contributed by atoms with Crippen molar-refractivity contribution in [3.8, 4) is 5.75 Å². The van der Waals surface area contributed by atoms with Gasteiger partial charge >= 0.3 is 0 Å². The van der Waals surface area contributed by atoms with Gasteiger partial charge in [-0.15, -0.1) is 0 Å². The van der Waals surface area contributed by atoms with Crippen molar-refractivity contribution in [3.63, 3.8) is 0 Å². The summed E-state index contributed by atoms with van der Waals surface area (Å²) in [5, 5.41) is 7.45. The fraction of sp³-hybridized carbons (Fsp3) is 0.720. The average Bonchev–Trinajstić information content (AvgIpc) is 2.77. The van der Waals surface area contributed by atoms with E-state index in [0.717, 1.165) is 24.7 Å². The van der Waals surface area contributed by atoms with E-state index in [1.807, 2.05) is 13.1 Å². The van der Waals surface area contributed by atoms with Gasteiger partial charge in [-0.1, -0.05) is 24.6 Å². The highest BCUT2D eigenvalue weighted by Gasteiger charge is 2.40. The Morgan fingerprint density at radius 1 is 1.10 bits per heavy atom. The van der Waals surface area contributed by atoms with Crippen LogP contribution in [-0.4, -0.2) is 73.7 Å². The van der Waals surface area contributed by atoms with E-state index in [0.29, 0.717) is 0 Å². The van der Waals surface area contributed by atoms with E-state index in [1.54, 1.807) is 0 Å². The molecule has 0 radical (unpaired) electrons. The average molecular weight is 428 g/mol. The standard InChI is InChI=1S/C25H41N5O/c1-24(2)18-21(20-10-6-7-11-22(20)31-24)28-23(26-3)27-19-25(12-16-29(4)17-13-25)30-14-8-5-9-15-30/h6-7,10-11,21H,5,8-9,12-19H2,1-4H3,(H2,26,27,28). The summed E-state index contributed by atoms with van der Waals surface area (Å²) in [6.07, 6.45) is 7.40. The number of hydrogen-bond donors (Lipinski definition) is 2. The van der Waals surface area contributed by atoms with Gasteiger partial charge in [-0.2, -0.15) is 0 Å². The molecule has 1 unspecified atom stereocenters. The highest BCUT2D eigenvalue weighted by atomic mass is 16.5. The molecule has 1 aromatic carbocycles. The number of para-hydroxylation sites is 1. The lowest BCUT2D eigenvalue weighted by molar-refractivity contribution is 0.0172. The third kappa shape index (κ3) is 5.17. The van der Waals surface area contributed by atoms with Crippen LogP contribution in [0, 0.1) is 0 Å². The maximum Gasteiger partial charge on any atom is 0.191 e. The number of nitrogens with one attached hydrogen (secondary N) is 2. The number of guanidine groups is 1. The second-order valence-electron chi connectivity index (χ2n) is 10.3. The van der Waals surface area contributed by atoms with Crippen LogP contribution in [0.15, 0.2) is 29.3 Å². The quantitative estimate of drug-likeness (QED) is 0.570. The minimum Gasteiger partial charge on any atom is -0.487 e. The maximum atomic E-state index is 6.21. The van der Waals surface area contributed by atoms with Gasteiger partial charge < -0.3 is 20.3 Å². The predicted octanol–water partition coefficient (Wildman–Crippen LogP) is 3.40. The highest BCUT2D eigenvalue weighted by Crippen LogP contribution is 2.39. The van der Waals surface area contributed by atoms with Crippen molar-refractivity contribution in [3.05, 3.63) is 29.8 Å². The third-order valence-electron chi connectivity index (χ3n) is 7.44. The summed E-state index contributed by atoms with van der Waals surface area (Å²) in [6, 6.07) is 8.57. The molecule has 2 saturated heterocycles. The third-order valence-corrected chi connectivity index (χ3v) is 7.44. The molecular formula is C25H41N5O. The van der Waals surface area contributed by atoms with E-state index in [1.165, 1.54) is 63.8 Å². The fourth-order valence-corrected chi connectivity index (χ4v) is 5.55. The van der Waals surface area contributed by atoms with Gasteiger partial charge in [0.05, 0.1) is 6.04 Å². The lowest BCUT2D eigenvalue weighted by atomic mass is 9.84. The van der Waals surface area contributed by atoms with E-state index < -0.39 is 0 Å². The lowest BCUT2D eigenvalue weighted by Gasteiger charge is -2.50. The van der Waals surface area contributed by atoms with Gasteiger partial charge in [0, 0.05) is 31.1 Å². The molecule has 2 fully saturated rings. The Kier molecular flexibility index (Phi) is 6.77. The Morgan fingerprint density at radius 3 is 2.52 bits per heavy atom. The number of likely N-dealkylation sites (tertiary alicyclic amines) is 2. The van der Waals surface area contributed by atoms with Gasteiger partial charge in [-0.05, 0) is 78.8 Å². The number of fused-ring (bicyclic) bond motifs is 1. The fourth-order valence-electron chi connectivity index (χ4n) is 5.55. The van der Waals surface area contributed by atoms with E-state index in [4.69, 9.17) is 4.74 Å². The van der Waals surface area contributed by atoms with Crippen molar-refractivity contribution < 1.29 is 4.74 Å². The SMILES string of the molecule is CN=C(NCC1(N2CCCCC2)CCN(C)CC1)NC1CC(C)(C)Oc2ccccc21. The van der Waals surface area contributed by atoms with Crippen molar-refractivity contribution in [2.45, 2.75) is 69.6 Å². The molecule has 172 valence electrons. The molecule has 6 nitrogen and oxygen atoms in total. The van der Waals surface area contributed by atoms with Gasteiger partial charge in [0.2, 0.25) is 0 Å². The van der Waals surface area contributed by atoms with Crippen molar-refractivity contribution >= 4 is 5.96 Å². The predicted molar refractivity (Wildman–Crippen MR) is 128 cm³/mol. The van der Waals surface area contributed by atoms with Gasteiger partial charge in [0.1, 0.15) is 11.4 Å². The number of aliphatic imine (C=N–C) groups is 1. The first kappa shape index (κ1) is 22.4. The van der Waals surface area contributed by atoms with Gasteiger partial charge in [-0.3, -0.25) is 9.89 Å². The van der Waals surface area contributed by atoms with Crippen LogP contribution in [-0.2, 0) is 0 Å². The van der Waals surface area contributed by atoms with E-state index in [2.05, 4.69) is 64.5 Å². The van der Waals surface area contributed by atoms with E-state index in [9.17, 15) is 0 Å². The minimum absolute atomic E-state index is 0.189. The van der Waals surface area contributed by atoms with Crippen LogP contribution in [0.2, 0.25) is 0 Å². The van der Waals surface area contributed by atoms with Crippen LogP contribution < -0.4 is 15.4 Å². The first-order valence-electron chi connectivity index (χ1n) is 12.1. The molecule has 3 heterocycles. The Balaban J connectivity index is 1.46. The second-order valence-corrected chi connectivity index (χ2v) is 10.3. The number of piperidine rings is 2. The molecule has 31 heavy (non-hydrogen) atoms. The number of benzene rings is 1. The normalized spacial score (nSPS) is 26.6. The summed E-state index contributed by atoms with van der Waals surface area (Å²) in [7, 11) is 4.13. The molecule has 4 rings (SSSR count). The molecule has 6 heteroatoms. The Morgan fingerprint density at radius 2 is 1.81 bits per heavy atom. The number of nitrogens with zero attached hydrogens (tertiary/aromatic N) is 3. The van der Waals surface area contributed by atoms with Crippen LogP contribution >= 0.6 is 0 Å². The minimum atomic E-state index is -0.201. The van der Waals surface area contributed by atoms with Crippen LogP contribution in [0.1, 0.15) is 64.0 Å². The second kappa shape index (κ2) is 9.37. The summed E-state index contributed by atoms with van der Waals surface area (Å²) in [6.45, 7) is 10.1. The summed E-state index contributed by atoms with van der Waals surface area (Å²) in [5.74, 6) is 1.87. The van der Waals surface area contributed by atoms with Gasteiger partial charge in [0.25, 0.3) is 0 Å². The largest absolute Gasteiger partial charge is 0.487 e. The molecule has 0 saturated carbocycles. The zero-order valence-electron chi connectivity index (χ0n) is 19.9. The lowest BCUT2D eigenvalue weighted by Crippen LogP contribution is -2.62. The summed E-state index contributed by atoms with van der Waals surface area (Å²) in [5.41, 5.74) is 1.25. The van der Waals surface area contributed by atoms with Crippen LogP contribution in [0.4, 0.5) is 0 Å². The van der Waals surface area contributed by atoms with Crippen LogP contribution in [0.5, 0.6) is 5.75 Å².